The first-order chi connectivity index (χ1) is 49.3. The summed E-state index contributed by atoms with van der Waals surface area (Å²) < 4.78 is 0. The Bertz CT molecular complexity index is 3310. The normalized spacial score (nSPS) is 16.5. The van der Waals surface area contributed by atoms with E-state index in [1.165, 1.54) is 225 Å². The van der Waals surface area contributed by atoms with Crippen LogP contribution in [0.4, 0.5) is 0 Å². The van der Waals surface area contributed by atoms with Crippen molar-refractivity contribution in [3.05, 3.63) is 242 Å². The summed E-state index contributed by atoms with van der Waals surface area (Å²) in [7, 11) is 0. The number of unbranched alkanes of at least 4 members (excludes halogenated alkanes) is 2. The quantitative estimate of drug-likeness (QED) is 0.0238. The third kappa shape index (κ3) is 34.8. The first-order valence-corrected chi connectivity index (χ1v) is 41.4. The van der Waals surface area contributed by atoms with Crippen molar-refractivity contribution < 1.29 is 0 Å². The molecule has 0 saturated heterocycles. The molecule has 0 spiro atoms. The maximum Gasteiger partial charge on any atom is 0.0595 e. The minimum absolute atomic E-state index is 0.450. The van der Waals surface area contributed by atoms with Crippen LogP contribution in [0, 0.1) is 0 Å². The number of benzene rings is 7. The summed E-state index contributed by atoms with van der Waals surface area (Å²) in [4.78, 5) is 2.56. The zero-order valence-electron chi connectivity index (χ0n) is 60.5. The van der Waals surface area contributed by atoms with E-state index in [0.29, 0.717) is 58.3 Å². The van der Waals surface area contributed by atoms with Crippen LogP contribution in [-0.4, -0.2) is 55.2 Å². The predicted molar refractivity (Wildman–Crippen MR) is 441 cm³/mol. The molecule has 4 fully saturated rings. The number of rotatable bonds is 26. The van der Waals surface area contributed by atoms with Gasteiger partial charge in [-0.1, -0.05) is 312 Å². The van der Waals surface area contributed by atoms with E-state index in [1.54, 1.807) is 0 Å². The highest BCUT2D eigenvalue weighted by atomic mass is 35.5. The van der Waals surface area contributed by atoms with Gasteiger partial charge in [0.05, 0.1) is 40.2 Å². The van der Waals surface area contributed by atoms with Gasteiger partial charge in [-0.3, -0.25) is 0 Å². The minimum atomic E-state index is 0.450. The maximum atomic E-state index is 6.03. The van der Waals surface area contributed by atoms with E-state index >= 15 is 0 Å². The lowest BCUT2D eigenvalue weighted by Gasteiger charge is -2.26. The van der Waals surface area contributed by atoms with Crippen LogP contribution in [0.5, 0.6) is 0 Å². The summed E-state index contributed by atoms with van der Waals surface area (Å²) in [5.41, 5.74) is 10.5. The fraction of sp³-hybridized carbons (Fsp3) is 0.512. The molecule has 5 aliphatic rings. The van der Waals surface area contributed by atoms with E-state index in [2.05, 4.69) is 136 Å². The lowest BCUT2D eigenvalue weighted by atomic mass is 9.93. The molecule has 0 bridgehead atoms. The van der Waals surface area contributed by atoms with Crippen molar-refractivity contribution in [2.75, 3.05) is 26.2 Å². The van der Waals surface area contributed by atoms with Gasteiger partial charge in [0.1, 0.15) is 0 Å². The number of nitrogens with one attached hydrogen (secondary N) is 6. The van der Waals surface area contributed by atoms with Crippen molar-refractivity contribution in [2.24, 2.45) is 0 Å². The number of halogens is 8. The van der Waals surface area contributed by atoms with E-state index in [0.717, 1.165) is 70.9 Å². The molecule has 15 heteroatoms. The summed E-state index contributed by atoms with van der Waals surface area (Å²) in [6.07, 6.45) is 36.4. The third-order valence-electron chi connectivity index (χ3n) is 19.9. The molecule has 0 radical (unpaired) electrons. The Morgan fingerprint density at radius 2 is 0.634 bits per heavy atom. The van der Waals surface area contributed by atoms with E-state index < -0.39 is 0 Å². The van der Waals surface area contributed by atoms with Crippen molar-refractivity contribution in [2.45, 2.75) is 257 Å². The zero-order chi connectivity index (χ0) is 71.5. The van der Waals surface area contributed by atoms with Crippen molar-refractivity contribution >= 4 is 92.8 Å². The Kier molecular flexibility index (Phi) is 42.8. The molecule has 4 saturated carbocycles. The summed E-state index contributed by atoms with van der Waals surface area (Å²) in [6.45, 7) is 14.5. The molecule has 5 aliphatic carbocycles. The average molecular weight is 1530 g/mol. The van der Waals surface area contributed by atoms with Crippen LogP contribution < -0.4 is 31.9 Å². The third-order valence-corrected chi connectivity index (χ3v) is 22.9. The van der Waals surface area contributed by atoms with Crippen LogP contribution in [0.2, 0.25) is 40.2 Å². The second kappa shape index (κ2) is 51.0. The summed E-state index contributed by atoms with van der Waals surface area (Å²) >= 11 is 47.6. The second-order valence-electron chi connectivity index (χ2n) is 28.1. The topological polar surface area (TPSA) is 75.4 Å². The number of hydrogen-bond acceptors (Lipinski definition) is 7. The van der Waals surface area contributed by atoms with Gasteiger partial charge >= 0.3 is 0 Å². The van der Waals surface area contributed by atoms with Crippen molar-refractivity contribution in [1.82, 2.24) is 36.8 Å². The van der Waals surface area contributed by atoms with Crippen LogP contribution >= 0.6 is 92.8 Å². The SMILES string of the molecule is CCCCN(CCCC)CCNCc1ccc(Cl)c(Cl)c1.Clc1ccc(CNC2CCC2)cc1Cl.Clc1ccc(CNC2CCCCCCC2)cc1Cl.Clc1ccc(CNC2CCc3ccccc32)cc1Cl.c1ccc(CNC2CCCCC2)cc1.c1ccc(CNC2CCCCCC2)cc1. The van der Waals surface area contributed by atoms with Crippen LogP contribution in [0.25, 0.3) is 0 Å². The summed E-state index contributed by atoms with van der Waals surface area (Å²) in [5, 5.41) is 26.5. The lowest BCUT2D eigenvalue weighted by molar-refractivity contribution is 0.264. The number of fused-ring (bicyclic) bond motifs is 1. The van der Waals surface area contributed by atoms with Gasteiger partial charge in [-0.15, -0.1) is 0 Å². The van der Waals surface area contributed by atoms with Gasteiger partial charge in [-0.2, -0.15) is 0 Å². The minimum Gasteiger partial charge on any atom is -0.311 e. The molecule has 7 aromatic rings. The fourth-order valence-corrected chi connectivity index (χ4v) is 14.8. The van der Waals surface area contributed by atoms with Gasteiger partial charge in [-0.25, -0.2) is 0 Å². The molecule has 0 aliphatic heterocycles. The summed E-state index contributed by atoms with van der Waals surface area (Å²) in [6, 6.07) is 56.7. The van der Waals surface area contributed by atoms with Crippen molar-refractivity contribution in [1.29, 1.82) is 0 Å². The molecule has 6 N–H and O–H groups in total. The number of aryl methyl sites for hydroxylation is 1. The van der Waals surface area contributed by atoms with Crippen molar-refractivity contribution in [3.8, 4) is 0 Å². The van der Waals surface area contributed by atoms with E-state index in [1.807, 2.05) is 72.8 Å². The molecule has 7 aromatic carbocycles. The van der Waals surface area contributed by atoms with E-state index in [4.69, 9.17) is 92.8 Å². The van der Waals surface area contributed by atoms with E-state index in [-0.39, 0.29) is 0 Å². The Hall–Kier alpha value is -3.42. The monoisotopic (exact) mass is 1530 g/mol. The summed E-state index contributed by atoms with van der Waals surface area (Å²) in [5.74, 6) is 0. The van der Waals surface area contributed by atoms with Crippen LogP contribution in [0.3, 0.4) is 0 Å². The van der Waals surface area contributed by atoms with Crippen LogP contribution in [0.15, 0.2) is 158 Å². The molecule has 101 heavy (non-hydrogen) atoms. The molecule has 7 nitrogen and oxygen atoms in total. The van der Waals surface area contributed by atoms with Gasteiger partial charge < -0.3 is 36.8 Å². The van der Waals surface area contributed by atoms with Gasteiger partial charge in [-0.05, 0) is 183 Å². The first kappa shape index (κ1) is 84.8. The van der Waals surface area contributed by atoms with Crippen LogP contribution in [-0.2, 0) is 45.7 Å². The maximum absolute atomic E-state index is 6.03. The first-order valence-electron chi connectivity index (χ1n) is 38.3. The molecular weight excluding hydrogens is 1410 g/mol. The number of nitrogens with zero attached hydrogens (tertiary/aromatic N) is 1. The Labute approximate surface area is 649 Å². The largest absolute Gasteiger partial charge is 0.311 e. The molecule has 0 aromatic heterocycles. The predicted octanol–water partition coefficient (Wildman–Crippen LogP) is 25.2. The van der Waals surface area contributed by atoms with Crippen molar-refractivity contribution in [3.63, 3.8) is 0 Å². The molecule has 12 rings (SSSR count). The fourth-order valence-electron chi connectivity index (χ4n) is 13.5. The number of hydrogen-bond donors (Lipinski definition) is 6. The highest BCUT2D eigenvalue weighted by Crippen LogP contribution is 2.32. The van der Waals surface area contributed by atoms with E-state index in [9.17, 15) is 0 Å². The molecule has 1 unspecified atom stereocenters. The second-order valence-corrected chi connectivity index (χ2v) is 31.3. The lowest BCUT2D eigenvalue weighted by Crippen LogP contribution is -2.34. The van der Waals surface area contributed by atoms with Crippen LogP contribution in [0.1, 0.15) is 231 Å². The molecule has 1 atom stereocenters. The van der Waals surface area contributed by atoms with Gasteiger partial charge in [0, 0.05) is 82.6 Å². The Morgan fingerprint density at radius 3 is 1.00 bits per heavy atom. The van der Waals surface area contributed by atoms with Gasteiger partial charge in [0.15, 0.2) is 0 Å². The highest BCUT2D eigenvalue weighted by Gasteiger charge is 2.22. The Balaban J connectivity index is 0.000000171. The molecule has 0 amide bonds. The van der Waals surface area contributed by atoms with Gasteiger partial charge in [0.25, 0.3) is 0 Å². The molecular formula is C86H117Cl8N7. The van der Waals surface area contributed by atoms with Gasteiger partial charge in [0.2, 0.25) is 0 Å². The standard InChI is InChI=1S/C17H28Cl2N2.C16H15Cl2N.C15H21Cl2N.C14H21N.C13H19N.C11H13Cl2N/c1-3-5-10-21(11-6-4-2)12-9-20-14-15-7-8-16(18)17(19)13-15;17-14-7-5-11(9-15(14)18)10-19-16-8-6-12-3-1-2-4-13(12)16;16-14-9-8-12(10-15(14)17)11-18-13-6-4-2-1-3-5-7-13;1-2-7-11-14(10-6-1)15-12-13-8-4-3-5-9-13;1-3-7-12(8-4-1)11-14-13-9-5-2-6-10-13;12-10-5-4-8(6-11(10)13)7-14-9-2-1-3-9/h7-8,13,20H,3-6,9-12,14H2,1-2H3;1-5,7,9,16,19H,6,8,10H2;8-10,13,18H,1-7,11H2;3-5,8-9,14-15H,1-2,6-7,10-12H2;1,3-4,7-8,13-14H,2,5-6,9-11H2;4-6,9,14H,1-3,7H2. The zero-order valence-corrected chi connectivity index (χ0v) is 66.6. The molecule has 552 valence electrons. The molecule has 0 heterocycles. The Morgan fingerprint density at radius 1 is 0.307 bits per heavy atom. The highest BCUT2D eigenvalue weighted by molar-refractivity contribution is 6.43. The average Bonchev–Trinajstić information content (AvgIpc) is 1.70. The smallest absolute Gasteiger partial charge is 0.0595 e.